The van der Waals surface area contributed by atoms with Crippen LogP contribution in [0.5, 0.6) is 11.6 Å². The third kappa shape index (κ3) is 2.12. The third-order valence-corrected chi connectivity index (χ3v) is 4.98. The van der Waals surface area contributed by atoms with E-state index in [-0.39, 0.29) is 0 Å². The van der Waals surface area contributed by atoms with Gasteiger partial charge >= 0.3 is 0 Å². The Kier molecular flexibility index (Phi) is 2.80. The Morgan fingerprint density at radius 3 is 3.00 bits per heavy atom. The minimum absolute atomic E-state index is 0.503. The molecular formula is C15H11N3OS2. The summed E-state index contributed by atoms with van der Waals surface area (Å²) in [5.41, 5.74) is 7.46. The van der Waals surface area contributed by atoms with E-state index in [2.05, 4.69) is 21.4 Å². The highest BCUT2D eigenvalue weighted by Crippen LogP contribution is 2.40. The molecule has 0 saturated heterocycles. The van der Waals surface area contributed by atoms with Crippen LogP contribution in [0.1, 0.15) is 5.01 Å². The zero-order chi connectivity index (χ0) is 14.4. The number of fused-ring (bicyclic) bond motifs is 3. The first-order valence-corrected chi connectivity index (χ1v) is 8.07. The Labute approximate surface area is 128 Å². The van der Waals surface area contributed by atoms with E-state index in [9.17, 15) is 0 Å². The van der Waals surface area contributed by atoms with Gasteiger partial charge in [-0.25, -0.2) is 9.97 Å². The average molecular weight is 313 g/mol. The average Bonchev–Trinajstić information content (AvgIpc) is 3.04. The summed E-state index contributed by atoms with van der Waals surface area (Å²) in [4.78, 5) is 8.81. The van der Waals surface area contributed by atoms with Crippen LogP contribution in [0, 0.1) is 6.92 Å². The van der Waals surface area contributed by atoms with E-state index in [0.29, 0.717) is 11.6 Å². The number of benzene rings is 1. The minimum Gasteiger partial charge on any atom is -0.438 e. The van der Waals surface area contributed by atoms with Crippen molar-refractivity contribution < 1.29 is 4.74 Å². The van der Waals surface area contributed by atoms with Gasteiger partial charge in [0.05, 0.1) is 19.9 Å². The molecule has 2 N–H and O–H groups in total. The van der Waals surface area contributed by atoms with Gasteiger partial charge in [0, 0.05) is 29.4 Å². The predicted molar refractivity (Wildman–Crippen MR) is 88.5 cm³/mol. The number of hydrogen-bond acceptors (Lipinski definition) is 6. The summed E-state index contributed by atoms with van der Waals surface area (Å²) in [5, 5.41) is 4.17. The fourth-order valence-corrected chi connectivity index (χ4v) is 4.10. The molecule has 0 spiro atoms. The highest BCUT2D eigenvalue weighted by Gasteiger charge is 2.13. The molecule has 0 bridgehead atoms. The molecule has 4 rings (SSSR count). The largest absolute Gasteiger partial charge is 0.438 e. The smallest absolute Gasteiger partial charge is 0.221 e. The fourth-order valence-electron chi connectivity index (χ4n) is 2.26. The van der Waals surface area contributed by atoms with Gasteiger partial charge in [-0.15, -0.1) is 22.7 Å². The summed E-state index contributed by atoms with van der Waals surface area (Å²) >= 11 is 3.35. The summed E-state index contributed by atoms with van der Waals surface area (Å²) in [6, 6.07) is 7.54. The lowest BCUT2D eigenvalue weighted by molar-refractivity contribution is 0.469. The number of thiophene rings is 1. The molecule has 0 aliphatic heterocycles. The number of nitrogens with zero attached hydrogens (tertiary/aromatic N) is 2. The van der Waals surface area contributed by atoms with Crippen LogP contribution in [-0.4, -0.2) is 9.97 Å². The van der Waals surface area contributed by atoms with Gasteiger partial charge < -0.3 is 10.5 Å². The van der Waals surface area contributed by atoms with Gasteiger partial charge in [-0.05, 0) is 24.4 Å². The summed E-state index contributed by atoms with van der Waals surface area (Å²) in [6.07, 6.45) is 1.64. The number of aromatic nitrogens is 2. The molecular weight excluding hydrogens is 302 g/mol. The molecule has 1 aromatic carbocycles. The number of pyridine rings is 1. The Balaban J connectivity index is 1.92. The predicted octanol–water partition coefficient (Wildman–Crippen LogP) is 4.59. The molecule has 0 unspecified atom stereocenters. The summed E-state index contributed by atoms with van der Waals surface area (Å²) in [5.74, 6) is 1.29. The summed E-state index contributed by atoms with van der Waals surface area (Å²) in [7, 11) is 0. The van der Waals surface area contributed by atoms with Crippen molar-refractivity contribution in [2.45, 2.75) is 6.92 Å². The van der Waals surface area contributed by atoms with Crippen molar-refractivity contribution in [1.82, 2.24) is 9.97 Å². The van der Waals surface area contributed by atoms with Crippen LogP contribution < -0.4 is 10.5 Å². The molecule has 0 amide bonds. The quantitative estimate of drug-likeness (QED) is 0.588. The molecule has 0 aliphatic rings. The number of thiazole rings is 1. The van der Waals surface area contributed by atoms with E-state index in [1.165, 1.54) is 0 Å². The zero-order valence-electron chi connectivity index (χ0n) is 11.2. The number of ether oxygens (including phenoxy) is 1. The Morgan fingerprint density at radius 2 is 2.14 bits per heavy atom. The van der Waals surface area contributed by atoms with E-state index < -0.39 is 0 Å². The first-order chi connectivity index (χ1) is 10.2. The van der Waals surface area contributed by atoms with Gasteiger partial charge in [0.2, 0.25) is 5.88 Å². The number of aryl methyl sites for hydroxylation is 1. The lowest BCUT2D eigenvalue weighted by atomic mass is 10.2. The number of anilines is 1. The second-order valence-corrected chi connectivity index (χ2v) is 6.80. The van der Waals surface area contributed by atoms with Crippen LogP contribution >= 0.6 is 22.7 Å². The van der Waals surface area contributed by atoms with Gasteiger partial charge in [-0.2, -0.15) is 0 Å². The van der Waals surface area contributed by atoms with E-state index in [1.54, 1.807) is 41.0 Å². The van der Waals surface area contributed by atoms with Crippen molar-refractivity contribution in [3.8, 4) is 11.6 Å². The molecule has 4 nitrogen and oxygen atoms in total. The molecule has 0 fully saturated rings. The first kappa shape index (κ1) is 12.6. The second kappa shape index (κ2) is 4.68. The molecule has 3 heterocycles. The molecule has 104 valence electrons. The summed E-state index contributed by atoms with van der Waals surface area (Å²) < 4.78 is 8.22. The van der Waals surface area contributed by atoms with E-state index in [0.717, 1.165) is 31.1 Å². The molecule has 0 atom stereocenters. The van der Waals surface area contributed by atoms with E-state index >= 15 is 0 Å². The van der Waals surface area contributed by atoms with Crippen molar-refractivity contribution in [3.63, 3.8) is 0 Å². The maximum absolute atomic E-state index is 5.94. The minimum atomic E-state index is 0.503. The van der Waals surface area contributed by atoms with E-state index in [4.69, 9.17) is 10.5 Å². The normalized spacial score (nSPS) is 11.3. The first-order valence-electron chi connectivity index (χ1n) is 6.37. The van der Waals surface area contributed by atoms with Crippen molar-refractivity contribution in [3.05, 3.63) is 40.8 Å². The zero-order valence-corrected chi connectivity index (χ0v) is 12.8. The van der Waals surface area contributed by atoms with E-state index in [1.807, 2.05) is 13.0 Å². The van der Waals surface area contributed by atoms with Crippen LogP contribution in [0.2, 0.25) is 0 Å². The van der Waals surface area contributed by atoms with Crippen LogP contribution in [0.3, 0.4) is 0 Å². The highest BCUT2D eigenvalue weighted by atomic mass is 32.1. The monoisotopic (exact) mass is 313 g/mol. The molecule has 0 radical (unpaired) electrons. The highest BCUT2D eigenvalue weighted by molar-refractivity contribution is 7.21. The van der Waals surface area contributed by atoms with Gasteiger partial charge in [0.1, 0.15) is 5.75 Å². The van der Waals surface area contributed by atoms with Crippen molar-refractivity contribution in [1.29, 1.82) is 0 Å². The molecule has 0 saturated carbocycles. The molecule has 3 aromatic heterocycles. The lowest BCUT2D eigenvalue weighted by Gasteiger charge is -2.07. The number of nitrogens with two attached hydrogens (primary N) is 1. The van der Waals surface area contributed by atoms with Crippen LogP contribution in [0.25, 0.3) is 20.3 Å². The molecule has 4 aromatic rings. The third-order valence-electron chi connectivity index (χ3n) is 3.14. The van der Waals surface area contributed by atoms with Crippen LogP contribution in [0.15, 0.2) is 35.8 Å². The van der Waals surface area contributed by atoms with Gasteiger partial charge in [0.25, 0.3) is 0 Å². The van der Waals surface area contributed by atoms with Gasteiger partial charge in [-0.3, -0.25) is 0 Å². The van der Waals surface area contributed by atoms with Crippen molar-refractivity contribution >= 4 is 48.7 Å². The maximum atomic E-state index is 5.94. The van der Waals surface area contributed by atoms with Crippen LogP contribution in [0.4, 0.5) is 5.69 Å². The van der Waals surface area contributed by atoms with Gasteiger partial charge in [0.15, 0.2) is 0 Å². The molecule has 21 heavy (non-hydrogen) atoms. The SMILES string of the molecule is Cc1nc2c(cc(Oc3cc(N)ccn3)c3ccsc32)s1. The molecule has 0 aliphatic carbocycles. The topological polar surface area (TPSA) is 61.0 Å². The summed E-state index contributed by atoms with van der Waals surface area (Å²) in [6.45, 7) is 2.02. The second-order valence-electron chi connectivity index (χ2n) is 4.65. The van der Waals surface area contributed by atoms with Crippen LogP contribution in [-0.2, 0) is 0 Å². The Hall–Kier alpha value is -2.18. The van der Waals surface area contributed by atoms with Crippen molar-refractivity contribution in [2.24, 2.45) is 0 Å². The number of nitrogen functional groups attached to an aromatic ring is 1. The lowest BCUT2D eigenvalue weighted by Crippen LogP contribution is -1.91. The number of hydrogen-bond donors (Lipinski definition) is 1. The fraction of sp³-hybridized carbons (Fsp3) is 0.0667. The Morgan fingerprint density at radius 1 is 1.24 bits per heavy atom. The number of rotatable bonds is 2. The maximum Gasteiger partial charge on any atom is 0.221 e. The molecule has 6 heteroatoms. The standard InChI is InChI=1S/C15H11N3OS2/c1-8-18-14-12(21-8)7-11(10-3-5-20-15(10)14)19-13-6-9(16)2-4-17-13/h2-7H,1H3,(H2,16,17). The van der Waals surface area contributed by atoms with Crippen molar-refractivity contribution in [2.75, 3.05) is 5.73 Å². The van der Waals surface area contributed by atoms with Gasteiger partial charge in [-0.1, -0.05) is 0 Å². The Bertz CT molecular complexity index is 958.